The molecule has 2 N–H and O–H groups in total. The van der Waals surface area contributed by atoms with Gasteiger partial charge in [-0.15, -0.1) is 0 Å². The summed E-state index contributed by atoms with van der Waals surface area (Å²) in [6, 6.07) is 17.3. The van der Waals surface area contributed by atoms with E-state index in [-0.39, 0.29) is 0 Å². The lowest BCUT2D eigenvalue weighted by atomic mass is 10.2. The van der Waals surface area contributed by atoms with Gasteiger partial charge < -0.3 is 9.84 Å². The fourth-order valence-electron chi connectivity index (χ4n) is 1.65. The molecule has 0 radical (unpaired) electrons. The molecular formula is C17H18N2O3. The van der Waals surface area contributed by atoms with E-state index in [1.165, 1.54) is 13.1 Å². The number of ether oxygens (including phenoxy) is 1. The normalized spacial score (nSPS) is 12.1. The van der Waals surface area contributed by atoms with Crippen molar-refractivity contribution in [2.45, 2.75) is 19.6 Å². The minimum Gasteiger partial charge on any atom is -0.489 e. The lowest BCUT2D eigenvalue weighted by Gasteiger charge is -2.06. The van der Waals surface area contributed by atoms with Crippen LogP contribution in [-0.4, -0.2) is 23.3 Å². The van der Waals surface area contributed by atoms with Crippen LogP contribution in [0.5, 0.6) is 5.75 Å². The van der Waals surface area contributed by atoms with Crippen LogP contribution in [0.2, 0.25) is 0 Å². The van der Waals surface area contributed by atoms with Crippen molar-refractivity contribution in [1.82, 2.24) is 5.43 Å². The van der Waals surface area contributed by atoms with Crippen molar-refractivity contribution in [2.75, 3.05) is 0 Å². The number of aliphatic hydroxyl groups excluding tert-OH is 1. The Kier molecular flexibility index (Phi) is 5.68. The number of nitrogens with one attached hydrogen (secondary N) is 1. The van der Waals surface area contributed by atoms with E-state index in [1.54, 1.807) is 0 Å². The molecule has 0 unspecified atom stereocenters. The Morgan fingerprint density at radius 1 is 1.23 bits per heavy atom. The molecule has 22 heavy (non-hydrogen) atoms. The molecule has 1 atom stereocenters. The first kappa shape index (κ1) is 15.7. The number of hydrazone groups is 1. The average molecular weight is 298 g/mol. The summed E-state index contributed by atoms with van der Waals surface area (Å²) in [5.41, 5.74) is 4.16. The van der Waals surface area contributed by atoms with E-state index in [2.05, 4.69) is 10.5 Å². The Morgan fingerprint density at radius 2 is 1.91 bits per heavy atom. The zero-order chi connectivity index (χ0) is 15.8. The first-order valence-corrected chi connectivity index (χ1v) is 6.93. The van der Waals surface area contributed by atoms with Crippen molar-refractivity contribution < 1.29 is 14.6 Å². The van der Waals surface area contributed by atoms with Crippen molar-refractivity contribution in [3.63, 3.8) is 0 Å². The second kappa shape index (κ2) is 7.95. The summed E-state index contributed by atoms with van der Waals surface area (Å²) < 4.78 is 5.67. The average Bonchev–Trinajstić information content (AvgIpc) is 2.55. The number of aliphatic hydroxyl groups is 1. The van der Waals surface area contributed by atoms with Crippen molar-refractivity contribution in [3.8, 4) is 5.75 Å². The smallest absolute Gasteiger partial charge is 0.268 e. The third-order valence-electron chi connectivity index (χ3n) is 2.90. The topological polar surface area (TPSA) is 70.9 Å². The molecular weight excluding hydrogens is 280 g/mol. The number of carbonyl (C=O) groups excluding carboxylic acids is 1. The summed E-state index contributed by atoms with van der Waals surface area (Å²) in [4.78, 5) is 11.1. The molecule has 0 aromatic heterocycles. The molecule has 1 amide bonds. The lowest BCUT2D eigenvalue weighted by molar-refractivity contribution is -0.128. The van der Waals surface area contributed by atoms with Gasteiger partial charge in [-0.1, -0.05) is 30.3 Å². The molecule has 2 aromatic carbocycles. The SMILES string of the molecule is C[C@@H](O)C(=O)N/N=C\c1ccc(OCc2ccccc2)cc1. The predicted octanol–water partition coefficient (Wildman–Crippen LogP) is 2.10. The molecule has 5 heteroatoms. The molecule has 0 bridgehead atoms. The van der Waals surface area contributed by atoms with E-state index in [4.69, 9.17) is 9.84 Å². The maximum atomic E-state index is 11.1. The van der Waals surface area contributed by atoms with Crippen molar-refractivity contribution in [2.24, 2.45) is 5.10 Å². The minimum absolute atomic E-state index is 0.513. The largest absolute Gasteiger partial charge is 0.489 e. The maximum absolute atomic E-state index is 11.1. The number of amides is 1. The second-order valence-electron chi connectivity index (χ2n) is 4.75. The minimum atomic E-state index is -1.08. The fraction of sp³-hybridized carbons (Fsp3) is 0.176. The first-order chi connectivity index (χ1) is 10.6. The van der Waals surface area contributed by atoms with Gasteiger partial charge in [0.05, 0.1) is 6.21 Å². The number of hydrogen-bond acceptors (Lipinski definition) is 4. The van der Waals surface area contributed by atoms with E-state index in [0.717, 1.165) is 16.9 Å². The van der Waals surface area contributed by atoms with Crippen LogP contribution in [-0.2, 0) is 11.4 Å². The maximum Gasteiger partial charge on any atom is 0.268 e. The van der Waals surface area contributed by atoms with E-state index in [9.17, 15) is 4.79 Å². The molecule has 0 saturated heterocycles. The monoisotopic (exact) mass is 298 g/mol. The highest BCUT2D eigenvalue weighted by Crippen LogP contribution is 2.13. The van der Waals surface area contributed by atoms with Gasteiger partial charge in [0.25, 0.3) is 5.91 Å². The number of rotatable bonds is 6. The highest BCUT2D eigenvalue weighted by atomic mass is 16.5. The summed E-state index contributed by atoms with van der Waals surface area (Å²) in [5.74, 6) is 0.216. The molecule has 2 rings (SSSR count). The molecule has 0 aliphatic carbocycles. The van der Waals surface area contributed by atoms with Crippen LogP contribution in [0.3, 0.4) is 0 Å². The Balaban J connectivity index is 1.85. The summed E-state index contributed by atoms with van der Waals surface area (Å²) >= 11 is 0. The van der Waals surface area contributed by atoms with Gasteiger partial charge in [-0.3, -0.25) is 4.79 Å². The molecule has 114 valence electrons. The Bertz CT molecular complexity index is 622. The number of carbonyl (C=O) groups is 1. The van der Waals surface area contributed by atoms with Crippen LogP contribution in [0.25, 0.3) is 0 Å². The molecule has 0 heterocycles. The molecule has 0 aliphatic heterocycles. The second-order valence-corrected chi connectivity index (χ2v) is 4.75. The van der Waals surface area contributed by atoms with Crippen molar-refractivity contribution in [1.29, 1.82) is 0 Å². The van der Waals surface area contributed by atoms with Crippen molar-refractivity contribution in [3.05, 3.63) is 65.7 Å². The zero-order valence-electron chi connectivity index (χ0n) is 12.3. The molecule has 0 aliphatic rings. The van der Waals surface area contributed by atoms with Crippen LogP contribution < -0.4 is 10.2 Å². The molecule has 0 spiro atoms. The van der Waals surface area contributed by atoms with Crippen LogP contribution in [0.1, 0.15) is 18.1 Å². The highest BCUT2D eigenvalue weighted by molar-refractivity contribution is 5.84. The first-order valence-electron chi connectivity index (χ1n) is 6.93. The van der Waals surface area contributed by atoms with Crippen LogP contribution in [0.15, 0.2) is 59.7 Å². The van der Waals surface area contributed by atoms with E-state index in [0.29, 0.717) is 6.61 Å². The molecule has 5 nitrogen and oxygen atoms in total. The summed E-state index contributed by atoms with van der Waals surface area (Å²) in [5, 5.41) is 12.8. The third-order valence-corrected chi connectivity index (χ3v) is 2.90. The number of hydrogen-bond donors (Lipinski definition) is 2. The third kappa shape index (κ3) is 5.03. The number of nitrogens with zero attached hydrogens (tertiary/aromatic N) is 1. The van der Waals surface area contributed by atoms with Gasteiger partial charge in [-0.25, -0.2) is 5.43 Å². The molecule has 0 fully saturated rings. The van der Waals surface area contributed by atoms with Crippen LogP contribution >= 0.6 is 0 Å². The molecule has 2 aromatic rings. The standard InChI is InChI=1S/C17H18N2O3/c1-13(20)17(21)19-18-11-14-7-9-16(10-8-14)22-12-15-5-3-2-4-6-15/h2-11,13,20H,12H2,1H3,(H,19,21)/b18-11-/t13-/m1/s1. The van der Waals surface area contributed by atoms with Crippen LogP contribution in [0.4, 0.5) is 0 Å². The summed E-state index contributed by atoms with van der Waals surface area (Å²) in [6.07, 6.45) is 0.423. The Morgan fingerprint density at radius 3 is 2.55 bits per heavy atom. The van der Waals surface area contributed by atoms with E-state index >= 15 is 0 Å². The van der Waals surface area contributed by atoms with Gasteiger partial charge in [-0.2, -0.15) is 5.10 Å². The van der Waals surface area contributed by atoms with Gasteiger partial charge in [0.15, 0.2) is 0 Å². The summed E-state index contributed by atoms with van der Waals surface area (Å²) in [7, 11) is 0. The zero-order valence-corrected chi connectivity index (χ0v) is 12.3. The molecule has 0 saturated carbocycles. The Labute approximate surface area is 129 Å². The van der Waals surface area contributed by atoms with E-state index in [1.807, 2.05) is 54.6 Å². The van der Waals surface area contributed by atoms with Gasteiger partial charge in [-0.05, 0) is 42.3 Å². The van der Waals surface area contributed by atoms with Gasteiger partial charge in [0, 0.05) is 0 Å². The summed E-state index contributed by atoms with van der Waals surface area (Å²) in [6.45, 7) is 1.89. The lowest BCUT2D eigenvalue weighted by Crippen LogP contribution is -2.28. The predicted molar refractivity (Wildman–Crippen MR) is 84.6 cm³/mol. The quantitative estimate of drug-likeness (QED) is 0.634. The van der Waals surface area contributed by atoms with Gasteiger partial charge in [0.1, 0.15) is 18.5 Å². The Hall–Kier alpha value is -2.66. The van der Waals surface area contributed by atoms with Crippen LogP contribution in [0, 0.1) is 0 Å². The van der Waals surface area contributed by atoms with Gasteiger partial charge in [0.2, 0.25) is 0 Å². The van der Waals surface area contributed by atoms with Crippen molar-refractivity contribution >= 4 is 12.1 Å². The fourth-order valence-corrected chi connectivity index (χ4v) is 1.65. The number of benzene rings is 2. The highest BCUT2D eigenvalue weighted by Gasteiger charge is 2.05. The van der Waals surface area contributed by atoms with Gasteiger partial charge >= 0.3 is 0 Å². The van der Waals surface area contributed by atoms with E-state index < -0.39 is 12.0 Å².